The van der Waals surface area contributed by atoms with E-state index in [2.05, 4.69) is 15.5 Å². The number of thioether (sulfide) groups is 1. The average Bonchev–Trinajstić information content (AvgIpc) is 2.92. The van der Waals surface area contributed by atoms with Crippen molar-refractivity contribution in [3.63, 3.8) is 0 Å². The molecule has 0 bridgehead atoms. The van der Waals surface area contributed by atoms with E-state index < -0.39 is 17.7 Å². The van der Waals surface area contributed by atoms with Crippen LogP contribution in [0.1, 0.15) is 45.2 Å². The van der Waals surface area contributed by atoms with Crippen molar-refractivity contribution < 1.29 is 18.3 Å². The second-order valence-corrected chi connectivity index (χ2v) is 7.12. The highest BCUT2D eigenvalue weighted by molar-refractivity contribution is 7.98. The lowest BCUT2D eigenvalue weighted by Crippen LogP contribution is -2.34. The molecule has 1 N–H and O–H groups in total. The molecule has 1 atom stereocenters. The monoisotopic (exact) mass is 353 g/mol. The molecule has 6 nitrogen and oxygen atoms in total. The number of amides is 1. The second kappa shape index (κ2) is 7.65. The highest BCUT2D eigenvalue weighted by Gasteiger charge is 2.21. The van der Waals surface area contributed by atoms with E-state index in [-0.39, 0.29) is 11.7 Å². The molecular formula is C16H20FN3O3S. The Hall–Kier alpha value is -2.09. The van der Waals surface area contributed by atoms with Crippen molar-refractivity contribution in [2.24, 2.45) is 0 Å². The minimum atomic E-state index is -0.579. The van der Waals surface area contributed by atoms with Crippen molar-refractivity contribution >= 4 is 17.9 Å². The number of nitrogens with one attached hydrogen (secondary N) is 1. The van der Waals surface area contributed by atoms with Crippen LogP contribution in [0, 0.1) is 5.82 Å². The first kappa shape index (κ1) is 18.3. The molecule has 8 heteroatoms. The topological polar surface area (TPSA) is 77.2 Å². The van der Waals surface area contributed by atoms with Crippen LogP contribution in [-0.4, -0.2) is 21.9 Å². The summed E-state index contributed by atoms with van der Waals surface area (Å²) in [7, 11) is 0. The van der Waals surface area contributed by atoms with E-state index in [9.17, 15) is 9.18 Å². The van der Waals surface area contributed by atoms with Gasteiger partial charge < -0.3 is 14.5 Å². The van der Waals surface area contributed by atoms with Crippen LogP contribution in [0.2, 0.25) is 0 Å². The summed E-state index contributed by atoms with van der Waals surface area (Å²) in [5.74, 6) is 0.505. The molecule has 0 aliphatic heterocycles. The fourth-order valence-corrected chi connectivity index (χ4v) is 2.48. The van der Waals surface area contributed by atoms with Gasteiger partial charge in [-0.2, -0.15) is 0 Å². The highest BCUT2D eigenvalue weighted by atomic mass is 32.2. The Morgan fingerprint density at radius 2 is 2.17 bits per heavy atom. The summed E-state index contributed by atoms with van der Waals surface area (Å²) in [5, 5.41) is 10.8. The van der Waals surface area contributed by atoms with Gasteiger partial charge in [-0.25, -0.2) is 9.18 Å². The zero-order chi connectivity index (χ0) is 17.7. The fourth-order valence-electron chi connectivity index (χ4n) is 1.77. The number of aromatic nitrogens is 2. The molecule has 2 rings (SSSR count). The number of nitrogens with zero attached hydrogens (tertiary/aromatic N) is 2. The van der Waals surface area contributed by atoms with E-state index >= 15 is 0 Å². The summed E-state index contributed by atoms with van der Waals surface area (Å²) in [5.41, 5.74) is 0.240. The molecule has 1 heterocycles. The van der Waals surface area contributed by atoms with Crippen molar-refractivity contribution in [3.05, 3.63) is 41.5 Å². The minimum Gasteiger partial charge on any atom is -0.444 e. The summed E-state index contributed by atoms with van der Waals surface area (Å²) < 4.78 is 23.8. The summed E-state index contributed by atoms with van der Waals surface area (Å²) in [6.45, 7) is 7.07. The number of benzene rings is 1. The number of carbonyl (C=O) groups excluding carboxylic acids is 1. The molecule has 0 spiro atoms. The zero-order valence-electron chi connectivity index (χ0n) is 14.0. The molecule has 1 unspecified atom stereocenters. The number of carbonyl (C=O) groups is 1. The van der Waals surface area contributed by atoms with Crippen LogP contribution in [0.5, 0.6) is 0 Å². The number of alkyl carbamates (subject to hydrolysis) is 1. The van der Waals surface area contributed by atoms with Gasteiger partial charge in [-0.05, 0) is 45.4 Å². The summed E-state index contributed by atoms with van der Waals surface area (Å²) in [4.78, 5) is 11.7. The number of halogens is 1. The molecule has 130 valence electrons. The Kier molecular flexibility index (Phi) is 5.82. The van der Waals surface area contributed by atoms with Gasteiger partial charge in [0.2, 0.25) is 5.89 Å². The van der Waals surface area contributed by atoms with E-state index in [1.807, 2.05) is 6.07 Å². The van der Waals surface area contributed by atoms with Gasteiger partial charge in [-0.3, -0.25) is 0 Å². The molecule has 1 aromatic heterocycles. The maximum atomic E-state index is 13.1. The van der Waals surface area contributed by atoms with Gasteiger partial charge in [0, 0.05) is 5.75 Å². The van der Waals surface area contributed by atoms with Crippen molar-refractivity contribution in [1.82, 2.24) is 15.5 Å². The van der Waals surface area contributed by atoms with Gasteiger partial charge in [-0.15, -0.1) is 10.2 Å². The Morgan fingerprint density at radius 3 is 2.83 bits per heavy atom. The van der Waals surface area contributed by atoms with Crippen LogP contribution < -0.4 is 5.32 Å². The van der Waals surface area contributed by atoms with Gasteiger partial charge in [-0.1, -0.05) is 23.9 Å². The largest absolute Gasteiger partial charge is 0.444 e. The third-order valence-corrected chi connectivity index (χ3v) is 3.67. The molecule has 0 aliphatic carbocycles. The van der Waals surface area contributed by atoms with Crippen LogP contribution >= 0.6 is 11.8 Å². The molecule has 0 fully saturated rings. The van der Waals surface area contributed by atoms with Gasteiger partial charge in [0.05, 0.1) is 0 Å². The third-order valence-electron chi connectivity index (χ3n) is 2.78. The number of hydrogen-bond acceptors (Lipinski definition) is 6. The summed E-state index contributed by atoms with van der Waals surface area (Å²) in [6.07, 6.45) is -0.554. The Balaban J connectivity index is 1.89. The lowest BCUT2D eigenvalue weighted by molar-refractivity contribution is 0.0500. The molecule has 0 radical (unpaired) electrons. The van der Waals surface area contributed by atoms with E-state index in [4.69, 9.17) is 9.15 Å². The molecule has 0 saturated heterocycles. The quantitative estimate of drug-likeness (QED) is 0.816. The average molecular weight is 353 g/mol. The maximum Gasteiger partial charge on any atom is 0.408 e. The number of rotatable bonds is 5. The molecule has 0 aliphatic rings. The smallest absolute Gasteiger partial charge is 0.408 e. The summed E-state index contributed by atoms with van der Waals surface area (Å²) >= 11 is 1.30. The van der Waals surface area contributed by atoms with Crippen LogP contribution in [0.3, 0.4) is 0 Å². The predicted octanol–water partition coefficient (Wildman–Crippen LogP) is 4.09. The normalized spacial score (nSPS) is 12.7. The number of hydrogen-bond donors (Lipinski definition) is 1. The van der Waals surface area contributed by atoms with Gasteiger partial charge in [0.15, 0.2) is 0 Å². The third kappa shape index (κ3) is 5.84. The molecular weight excluding hydrogens is 333 g/mol. The van der Waals surface area contributed by atoms with Crippen LogP contribution in [0.25, 0.3) is 0 Å². The van der Waals surface area contributed by atoms with Crippen LogP contribution in [0.15, 0.2) is 33.9 Å². The predicted molar refractivity (Wildman–Crippen MR) is 88.0 cm³/mol. The van der Waals surface area contributed by atoms with E-state index in [1.54, 1.807) is 33.8 Å². The molecule has 1 aromatic carbocycles. The highest BCUT2D eigenvalue weighted by Crippen LogP contribution is 2.23. The lowest BCUT2D eigenvalue weighted by atomic mass is 10.2. The van der Waals surface area contributed by atoms with Crippen LogP contribution in [0.4, 0.5) is 9.18 Å². The first-order chi connectivity index (χ1) is 11.2. The Labute approximate surface area is 144 Å². The summed E-state index contributed by atoms with van der Waals surface area (Å²) in [6, 6.07) is 5.84. The maximum absolute atomic E-state index is 13.1. The van der Waals surface area contributed by atoms with E-state index in [1.165, 1.54) is 23.9 Å². The van der Waals surface area contributed by atoms with Crippen molar-refractivity contribution in [2.45, 2.75) is 50.3 Å². The number of ether oxygens (including phenoxy) is 1. The Morgan fingerprint density at radius 1 is 1.42 bits per heavy atom. The van der Waals surface area contributed by atoms with Gasteiger partial charge in [0.25, 0.3) is 5.22 Å². The molecule has 2 aromatic rings. The van der Waals surface area contributed by atoms with E-state index in [0.717, 1.165) is 5.56 Å². The fraction of sp³-hybridized carbons (Fsp3) is 0.438. The second-order valence-electron chi connectivity index (χ2n) is 6.19. The van der Waals surface area contributed by atoms with Gasteiger partial charge >= 0.3 is 6.09 Å². The Bertz CT molecular complexity index is 700. The molecule has 0 saturated carbocycles. The van der Waals surface area contributed by atoms with Gasteiger partial charge in [0.1, 0.15) is 17.5 Å². The minimum absolute atomic E-state index is 0.280. The first-order valence-corrected chi connectivity index (χ1v) is 8.41. The first-order valence-electron chi connectivity index (χ1n) is 7.43. The van der Waals surface area contributed by atoms with E-state index in [0.29, 0.717) is 11.0 Å². The van der Waals surface area contributed by atoms with Crippen molar-refractivity contribution in [3.8, 4) is 0 Å². The lowest BCUT2D eigenvalue weighted by Gasteiger charge is -2.20. The van der Waals surface area contributed by atoms with Crippen LogP contribution in [-0.2, 0) is 10.5 Å². The molecule has 1 amide bonds. The zero-order valence-corrected chi connectivity index (χ0v) is 14.8. The van der Waals surface area contributed by atoms with Crippen molar-refractivity contribution in [2.75, 3.05) is 0 Å². The molecule has 24 heavy (non-hydrogen) atoms. The van der Waals surface area contributed by atoms with Crippen molar-refractivity contribution in [1.29, 1.82) is 0 Å². The standard InChI is InChI=1S/C16H20FN3O3S/c1-10(18-14(21)23-16(2,3)4)13-19-20-15(22-13)24-9-11-6-5-7-12(17)8-11/h5-8,10H,9H2,1-4H3,(H,18,21). The SMILES string of the molecule is CC(NC(=O)OC(C)(C)C)c1nnc(SCc2cccc(F)c2)o1.